The maximum Gasteiger partial charge on any atom is 0.272 e. The van der Waals surface area contributed by atoms with Gasteiger partial charge in [-0.25, -0.2) is 0 Å². The summed E-state index contributed by atoms with van der Waals surface area (Å²) in [5.41, 5.74) is 2.33. The minimum Gasteiger partial charge on any atom is -0.497 e. The zero-order chi connectivity index (χ0) is 15.5. The highest BCUT2D eigenvalue weighted by Gasteiger charge is 2.22. The smallest absolute Gasteiger partial charge is 0.272 e. The van der Waals surface area contributed by atoms with Gasteiger partial charge in [0.15, 0.2) is 0 Å². The van der Waals surface area contributed by atoms with Gasteiger partial charge in [0.05, 0.1) is 26.0 Å². The Balaban J connectivity index is 1.84. The highest BCUT2D eigenvalue weighted by Crippen LogP contribution is 2.22. The maximum absolute atomic E-state index is 12.6. The van der Waals surface area contributed by atoms with Crippen LogP contribution in [-0.4, -0.2) is 54.0 Å². The molecule has 2 aromatic rings. The average Bonchev–Trinajstić information content (AvgIpc) is 2.97. The van der Waals surface area contributed by atoms with Gasteiger partial charge in [0.25, 0.3) is 5.91 Å². The van der Waals surface area contributed by atoms with Crippen molar-refractivity contribution in [1.29, 1.82) is 0 Å². The third kappa shape index (κ3) is 2.82. The number of aromatic nitrogens is 2. The Morgan fingerprint density at radius 1 is 1.23 bits per heavy atom. The number of ether oxygens (including phenoxy) is 2. The fourth-order valence-corrected chi connectivity index (χ4v) is 2.50. The van der Waals surface area contributed by atoms with Gasteiger partial charge >= 0.3 is 0 Å². The monoisotopic (exact) mass is 301 g/mol. The first-order valence-electron chi connectivity index (χ1n) is 7.24. The Morgan fingerprint density at radius 2 is 1.91 bits per heavy atom. The Morgan fingerprint density at radius 3 is 2.55 bits per heavy atom. The zero-order valence-electron chi connectivity index (χ0n) is 12.8. The molecular formula is C16H19N3O3. The van der Waals surface area contributed by atoms with Crippen LogP contribution in [0.25, 0.3) is 11.3 Å². The molecule has 1 aromatic carbocycles. The van der Waals surface area contributed by atoms with Crippen LogP contribution < -0.4 is 4.74 Å². The summed E-state index contributed by atoms with van der Waals surface area (Å²) in [4.78, 5) is 14.4. The third-order valence-corrected chi connectivity index (χ3v) is 3.78. The molecule has 2 heterocycles. The average molecular weight is 301 g/mol. The summed E-state index contributed by atoms with van der Waals surface area (Å²) in [5, 5.41) is 4.45. The molecule has 6 heteroatoms. The van der Waals surface area contributed by atoms with Gasteiger partial charge in [-0.2, -0.15) is 5.10 Å². The van der Waals surface area contributed by atoms with Crippen LogP contribution in [0.5, 0.6) is 5.75 Å². The molecule has 0 bridgehead atoms. The van der Waals surface area contributed by atoms with Gasteiger partial charge in [0, 0.05) is 25.7 Å². The molecule has 116 valence electrons. The number of carbonyl (C=O) groups is 1. The maximum atomic E-state index is 12.6. The van der Waals surface area contributed by atoms with E-state index in [9.17, 15) is 4.79 Å². The molecule has 0 N–H and O–H groups in total. The zero-order valence-corrected chi connectivity index (χ0v) is 12.8. The van der Waals surface area contributed by atoms with E-state index in [2.05, 4.69) is 5.10 Å². The quantitative estimate of drug-likeness (QED) is 0.863. The van der Waals surface area contributed by atoms with Gasteiger partial charge in [-0.15, -0.1) is 0 Å². The van der Waals surface area contributed by atoms with Crippen LogP contribution in [0.3, 0.4) is 0 Å². The number of hydrogen-bond acceptors (Lipinski definition) is 4. The molecule has 0 atom stereocenters. The first-order chi connectivity index (χ1) is 10.7. The van der Waals surface area contributed by atoms with Gasteiger partial charge in [-0.05, 0) is 30.3 Å². The molecule has 1 aliphatic heterocycles. The van der Waals surface area contributed by atoms with E-state index in [-0.39, 0.29) is 5.91 Å². The lowest BCUT2D eigenvalue weighted by Gasteiger charge is -2.26. The first-order valence-corrected chi connectivity index (χ1v) is 7.24. The largest absolute Gasteiger partial charge is 0.497 e. The summed E-state index contributed by atoms with van der Waals surface area (Å²) in [6.07, 6.45) is 0. The van der Waals surface area contributed by atoms with Gasteiger partial charge < -0.3 is 14.4 Å². The summed E-state index contributed by atoms with van der Waals surface area (Å²) in [6, 6.07) is 9.47. The predicted octanol–water partition coefficient (Wildman–Crippen LogP) is 1.57. The minimum absolute atomic E-state index is 0.00179. The van der Waals surface area contributed by atoms with Crippen LogP contribution in [0.15, 0.2) is 30.3 Å². The van der Waals surface area contributed by atoms with Crippen molar-refractivity contribution in [2.75, 3.05) is 33.4 Å². The Labute approximate surface area is 129 Å². The Bertz CT molecular complexity index is 658. The van der Waals surface area contributed by atoms with E-state index >= 15 is 0 Å². The molecule has 1 aliphatic rings. The van der Waals surface area contributed by atoms with Crippen LogP contribution in [0.2, 0.25) is 0 Å². The van der Waals surface area contributed by atoms with Crippen molar-refractivity contribution in [2.45, 2.75) is 0 Å². The van der Waals surface area contributed by atoms with Crippen LogP contribution in [-0.2, 0) is 11.8 Å². The molecule has 1 amide bonds. The number of carbonyl (C=O) groups excluding carboxylic acids is 1. The van der Waals surface area contributed by atoms with Crippen LogP contribution >= 0.6 is 0 Å². The molecule has 22 heavy (non-hydrogen) atoms. The summed E-state index contributed by atoms with van der Waals surface area (Å²) in [6.45, 7) is 2.44. The van der Waals surface area contributed by atoms with E-state index in [4.69, 9.17) is 9.47 Å². The molecule has 0 spiro atoms. The van der Waals surface area contributed by atoms with Gasteiger partial charge in [0.2, 0.25) is 0 Å². The topological polar surface area (TPSA) is 56.6 Å². The van der Waals surface area contributed by atoms with Crippen LogP contribution in [0.1, 0.15) is 10.5 Å². The highest BCUT2D eigenvalue weighted by atomic mass is 16.5. The number of amides is 1. The van der Waals surface area contributed by atoms with Crippen molar-refractivity contribution >= 4 is 5.91 Å². The number of methoxy groups -OCH3 is 1. The fourth-order valence-electron chi connectivity index (χ4n) is 2.50. The predicted molar refractivity (Wildman–Crippen MR) is 81.9 cm³/mol. The van der Waals surface area contributed by atoms with Crippen molar-refractivity contribution in [3.8, 4) is 17.0 Å². The van der Waals surface area contributed by atoms with E-state index in [1.165, 1.54) is 0 Å². The normalized spacial score (nSPS) is 14.9. The van der Waals surface area contributed by atoms with Gasteiger partial charge in [0.1, 0.15) is 11.4 Å². The second-order valence-corrected chi connectivity index (χ2v) is 5.17. The molecular weight excluding hydrogens is 282 g/mol. The molecule has 0 unspecified atom stereocenters. The number of rotatable bonds is 3. The van der Waals surface area contributed by atoms with Crippen molar-refractivity contribution in [3.05, 3.63) is 36.0 Å². The fraction of sp³-hybridized carbons (Fsp3) is 0.375. The number of benzene rings is 1. The van der Waals surface area contributed by atoms with Crippen molar-refractivity contribution in [2.24, 2.45) is 7.05 Å². The highest BCUT2D eigenvalue weighted by molar-refractivity contribution is 5.93. The van der Waals surface area contributed by atoms with Crippen LogP contribution in [0.4, 0.5) is 0 Å². The second-order valence-electron chi connectivity index (χ2n) is 5.17. The van der Waals surface area contributed by atoms with Crippen molar-refractivity contribution in [3.63, 3.8) is 0 Å². The minimum atomic E-state index is -0.00179. The SMILES string of the molecule is COc1ccc(-c2cc(C(=O)N3CCOCC3)n(C)n2)cc1. The number of hydrogen-bond donors (Lipinski definition) is 0. The summed E-state index contributed by atoms with van der Waals surface area (Å²) >= 11 is 0. The van der Waals surface area contributed by atoms with E-state index in [0.717, 1.165) is 17.0 Å². The molecule has 6 nitrogen and oxygen atoms in total. The molecule has 0 radical (unpaired) electrons. The van der Waals surface area contributed by atoms with E-state index < -0.39 is 0 Å². The first kappa shape index (κ1) is 14.6. The lowest BCUT2D eigenvalue weighted by molar-refractivity contribution is 0.0295. The van der Waals surface area contributed by atoms with Crippen LogP contribution in [0, 0.1) is 0 Å². The molecule has 1 saturated heterocycles. The lowest BCUT2D eigenvalue weighted by Crippen LogP contribution is -2.41. The van der Waals surface area contributed by atoms with E-state index in [1.807, 2.05) is 30.3 Å². The molecule has 3 rings (SSSR count). The summed E-state index contributed by atoms with van der Waals surface area (Å²) < 4.78 is 12.1. The van der Waals surface area contributed by atoms with Crippen molar-refractivity contribution < 1.29 is 14.3 Å². The standard InChI is InChI=1S/C16H19N3O3/c1-18-15(16(20)19-7-9-22-10-8-19)11-14(17-18)12-3-5-13(21-2)6-4-12/h3-6,11H,7-10H2,1-2H3. The Kier molecular flexibility index (Phi) is 4.11. The number of aryl methyl sites for hydroxylation is 1. The van der Waals surface area contributed by atoms with Crippen molar-refractivity contribution in [1.82, 2.24) is 14.7 Å². The van der Waals surface area contributed by atoms with E-state index in [1.54, 1.807) is 23.7 Å². The van der Waals surface area contributed by atoms with Gasteiger partial charge in [-0.1, -0.05) is 0 Å². The second kappa shape index (κ2) is 6.19. The summed E-state index contributed by atoms with van der Waals surface area (Å²) in [5.74, 6) is 0.794. The lowest BCUT2D eigenvalue weighted by atomic mass is 10.1. The number of nitrogens with zero attached hydrogens (tertiary/aromatic N) is 3. The summed E-state index contributed by atoms with van der Waals surface area (Å²) in [7, 11) is 3.43. The van der Waals surface area contributed by atoms with E-state index in [0.29, 0.717) is 32.0 Å². The molecule has 0 aliphatic carbocycles. The molecule has 1 fully saturated rings. The molecule has 1 aromatic heterocycles. The van der Waals surface area contributed by atoms with Gasteiger partial charge in [-0.3, -0.25) is 9.48 Å². The Hall–Kier alpha value is -2.34. The number of morpholine rings is 1. The molecule has 0 saturated carbocycles. The third-order valence-electron chi connectivity index (χ3n) is 3.78.